The molecule has 0 aromatic carbocycles. The molecule has 35 atom stereocenters. The van der Waals surface area contributed by atoms with Gasteiger partial charge in [-0.25, -0.2) is 0 Å². The van der Waals surface area contributed by atoms with Crippen molar-refractivity contribution in [3.8, 4) is 0 Å². The molecule has 7 heterocycles. The number of nitrogens with one attached hydrogen (secondary N) is 3. The third-order valence-electron chi connectivity index (χ3n) is 15.7. The highest BCUT2D eigenvalue weighted by Crippen LogP contribution is 2.37. The summed E-state index contributed by atoms with van der Waals surface area (Å²) in [5.41, 5.74) is 0. The SMILES string of the molecule is CC(=O)N[C@@H]1[C@@H](O)[C@H](O[C@@H]2O[C@H](CO[C@H]3O[C@H](CO)[C@@H](O)[C@H](O)[C@@H]3O[C@@H]3O[C@H](CO)[C@@H](O[C@@H]4O[C@H](CO)[C@@H](O[C@@H]5O[C@H](CO)[C@H](O)[C@H](O)[C@H]5O)[C@H](O)[C@H]4NC(C)=O)[C@H](O)[C@H]3NC(C)=O)[C@@H](O)[C@H](O)[C@@H]2O)[C@@H](CO[C@@H]2O[C@@H](C)[C@@H](O)[C@@H](O)[C@@H]2O)O[C@H]1O. The van der Waals surface area contributed by atoms with E-state index in [1.807, 2.05) is 0 Å². The molecule has 7 rings (SSSR count). The molecule has 38 heteroatoms. The molecule has 0 bridgehead atoms. The van der Waals surface area contributed by atoms with Crippen LogP contribution in [0.25, 0.3) is 0 Å². The molecule has 0 aromatic rings. The van der Waals surface area contributed by atoms with Crippen LogP contribution in [0.5, 0.6) is 0 Å². The van der Waals surface area contributed by atoms with Crippen molar-refractivity contribution in [1.29, 1.82) is 0 Å². The van der Waals surface area contributed by atoms with Gasteiger partial charge in [0.05, 0.1) is 45.7 Å². The normalized spacial score (nSPS) is 49.4. The van der Waals surface area contributed by atoms with Gasteiger partial charge in [-0.15, -0.1) is 0 Å². The molecule has 38 nitrogen and oxygen atoms in total. The lowest BCUT2D eigenvalue weighted by molar-refractivity contribution is -0.379. The van der Waals surface area contributed by atoms with E-state index in [4.69, 9.17) is 61.6 Å². The number of amides is 3. The van der Waals surface area contributed by atoms with Crippen molar-refractivity contribution in [2.45, 2.75) is 242 Å². The zero-order valence-electron chi connectivity index (χ0n) is 46.5. The Bertz CT molecular complexity index is 2170. The van der Waals surface area contributed by atoms with E-state index >= 15 is 0 Å². The minimum atomic E-state index is -2.18. The molecule has 0 aliphatic carbocycles. The highest BCUT2D eigenvalue weighted by Gasteiger charge is 2.58. The van der Waals surface area contributed by atoms with Gasteiger partial charge in [0.2, 0.25) is 17.7 Å². The van der Waals surface area contributed by atoms with Crippen molar-refractivity contribution in [3.63, 3.8) is 0 Å². The molecule has 7 saturated heterocycles. The maximum Gasteiger partial charge on any atom is 0.217 e. The molecule has 0 unspecified atom stereocenters. The van der Waals surface area contributed by atoms with E-state index in [9.17, 15) is 111 Å². The molecule has 22 N–H and O–H groups in total. The van der Waals surface area contributed by atoms with Crippen LogP contribution >= 0.6 is 0 Å². The number of carbonyl (C=O) groups excluding carboxylic acids is 3. The van der Waals surface area contributed by atoms with Crippen LogP contribution in [0.1, 0.15) is 27.7 Å². The maximum atomic E-state index is 12.8. The van der Waals surface area contributed by atoms with Crippen LogP contribution in [0.4, 0.5) is 0 Å². The molecular weight excluding hydrogens is 1180 g/mol. The molecule has 0 radical (unpaired) electrons. The third kappa shape index (κ3) is 15.5. The lowest BCUT2D eigenvalue weighted by Crippen LogP contribution is -2.71. The van der Waals surface area contributed by atoms with Gasteiger partial charge in [-0.1, -0.05) is 0 Å². The Morgan fingerprint density at radius 2 is 0.663 bits per heavy atom. The average Bonchev–Trinajstić information content (AvgIpc) is 2.71. The van der Waals surface area contributed by atoms with Gasteiger partial charge in [0, 0.05) is 20.8 Å². The number of rotatable bonds is 21. The Labute approximate surface area is 488 Å². The fourth-order valence-corrected chi connectivity index (χ4v) is 10.9. The Morgan fingerprint density at radius 1 is 0.326 bits per heavy atom. The quantitative estimate of drug-likeness (QED) is 0.0507. The van der Waals surface area contributed by atoms with Crippen molar-refractivity contribution in [1.82, 2.24) is 16.0 Å². The van der Waals surface area contributed by atoms with Crippen molar-refractivity contribution < 1.29 is 173 Å². The van der Waals surface area contributed by atoms with Crippen molar-refractivity contribution in [2.24, 2.45) is 0 Å². The van der Waals surface area contributed by atoms with E-state index in [0.717, 1.165) is 20.8 Å². The molecular formula is C48H81N3O35. The van der Waals surface area contributed by atoms with E-state index < -0.39 is 272 Å². The summed E-state index contributed by atoms with van der Waals surface area (Å²) in [6.45, 7) is -1.23. The van der Waals surface area contributed by atoms with E-state index in [1.54, 1.807) is 0 Å². The Morgan fingerprint density at radius 3 is 1.14 bits per heavy atom. The number of ether oxygens (including phenoxy) is 13. The van der Waals surface area contributed by atoms with Gasteiger partial charge < -0.3 is 175 Å². The zero-order chi connectivity index (χ0) is 63.5. The molecule has 86 heavy (non-hydrogen) atoms. The van der Waals surface area contributed by atoms with Crippen LogP contribution in [0, 0.1) is 0 Å². The number of aliphatic hydroxyl groups excluding tert-OH is 19. The molecule has 0 spiro atoms. The van der Waals surface area contributed by atoms with Crippen LogP contribution in [0.2, 0.25) is 0 Å². The lowest BCUT2D eigenvalue weighted by Gasteiger charge is -2.50. The van der Waals surface area contributed by atoms with E-state index in [0.29, 0.717) is 0 Å². The molecule has 0 aromatic heterocycles. The van der Waals surface area contributed by atoms with Crippen LogP contribution in [-0.4, -0.2) is 369 Å². The molecule has 7 aliphatic heterocycles. The summed E-state index contributed by atoms with van der Waals surface area (Å²) in [5, 5.41) is 212. The van der Waals surface area contributed by atoms with Gasteiger partial charge in [0.1, 0.15) is 165 Å². The summed E-state index contributed by atoms with van der Waals surface area (Å²) >= 11 is 0. The number of aliphatic hydroxyl groups is 19. The molecule has 7 fully saturated rings. The van der Waals surface area contributed by atoms with Crippen molar-refractivity contribution in [2.75, 3.05) is 39.6 Å². The summed E-state index contributed by atoms with van der Waals surface area (Å²) in [6, 6.07) is -5.20. The third-order valence-corrected chi connectivity index (χ3v) is 15.7. The van der Waals surface area contributed by atoms with Crippen LogP contribution in [0.15, 0.2) is 0 Å². The topological polar surface area (TPSA) is 592 Å². The summed E-state index contributed by atoms with van der Waals surface area (Å²) in [4.78, 5) is 37.5. The standard InChI is InChI=1S/C48H81N3O35/c1-11-24(59)31(66)35(70)45(76-11)74-10-20-40(28(63)21(42(73)77-20)49-12(2)56)85-47-37(72)33(68)27(62)19(82-47)9-75-48-41(34(69)26(61)16(6-53)79-48)86-44-23(51-14(4)58)29(64)38(17(7-54)81-44)83-43-22(50-13(3)57)30(65)39(18(8-55)80-43)84-46-36(71)32(67)25(60)15(5-52)78-46/h11,15-48,52-55,59-73H,5-10H2,1-4H3,(H,49,56)(H,50,57)(H,51,58)/t11-,15+,16+,17+,18+,19+,20+,21+,22+,23+,24+,25-,26+,27+,28+,29+,30+,31+,32-,33-,34-,35-,36+,37-,38+,39+,40+,41-,42+,43-,44-,45+,46-,47-,48-/m0/s1. The predicted molar refractivity (Wildman–Crippen MR) is 265 cm³/mol. The molecule has 7 aliphatic rings. The first-order chi connectivity index (χ1) is 40.6. The van der Waals surface area contributed by atoms with Gasteiger partial charge in [-0.2, -0.15) is 0 Å². The summed E-state index contributed by atoms with van der Waals surface area (Å²) < 4.78 is 75.2. The number of hydrogen-bond acceptors (Lipinski definition) is 35. The van der Waals surface area contributed by atoms with Crippen LogP contribution in [-0.2, 0) is 76.0 Å². The molecule has 0 saturated carbocycles. The van der Waals surface area contributed by atoms with Crippen LogP contribution < -0.4 is 16.0 Å². The number of carbonyl (C=O) groups is 3. The average molecular weight is 1260 g/mol. The monoisotopic (exact) mass is 1260 g/mol. The summed E-state index contributed by atoms with van der Waals surface area (Å²) in [6.07, 6.45) is -59.6. The maximum absolute atomic E-state index is 12.8. The first-order valence-electron chi connectivity index (χ1n) is 27.5. The molecule has 3 amide bonds. The zero-order valence-corrected chi connectivity index (χ0v) is 46.5. The lowest BCUT2D eigenvalue weighted by atomic mass is 9.93. The fourth-order valence-electron chi connectivity index (χ4n) is 10.9. The Balaban J connectivity index is 1.08. The minimum absolute atomic E-state index is 0.750. The number of hydrogen-bond donors (Lipinski definition) is 22. The first-order valence-corrected chi connectivity index (χ1v) is 27.5. The second kappa shape index (κ2) is 30.5. The second-order valence-corrected chi connectivity index (χ2v) is 21.8. The summed E-state index contributed by atoms with van der Waals surface area (Å²) in [5.74, 6) is -2.47. The Hall–Kier alpha value is -2.87. The first kappa shape index (κ1) is 70.6. The van der Waals surface area contributed by atoms with E-state index in [1.165, 1.54) is 6.92 Å². The molecule has 498 valence electrons. The Kier molecular flexibility index (Phi) is 25.0. The summed E-state index contributed by atoms with van der Waals surface area (Å²) in [7, 11) is 0. The van der Waals surface area contributed by atoms with Gasteiger partial charge in [0.25, 0.3) is 0 Å². The fraction of sp³-hybridized carbons (Fsp3) is 0.938. The van der Waals surface area contributed by atoms with Crippen LogP contribution in [0.3, 0.4) is 0 Å². The van der Waals surface area contributed by atoms with Gasteiger partial charge in [-0.05, 0) is 6.92 Å². The van der Waals surface area contributed by atoms with Gasteiger partial charge >= 0.3 is 0 Å². The predicted octanol–water partition coefficient (Wildman–Crippen LogP) is -14.8. The van der Waals surface area contributed by atoms with Crippen molar-refractivity contribution in [3.05, 3.63) is 0 Å². The minimum Gasteiger partial charge on any atom is -0.394 e. The largest absolute Gasteiger partial charge is 0.394 e. The van der Waals surface area contributed by atoms with Gasteiger partial charge in [-0.3, -0.25) is 14.4 Å². The smallest absolute Gasteiger partial charge is 0.217 e. The second-order valence-electron chi connectivity index (χ2n) is 21.8. The van der Waals surface area contributed by atoms with E-state index in [-0.39, 0.29) is 0 Å². The van der Waals surface area contributed by atoms with Gasteiger partial charge in [0.15, 0.2) is 44.0 Å². The highest BCUT2D eigenvalue weighted by atomic mass is 16.8. The van der Waals surface area contributed by atoms with Crippen molar-refractivity contribution >= 4 is 17.7 Å². The highest BCUT2D eigenvalue weighted by molar-refractivity contribution is 5.74. The van der Waals surface area contributed by atoms with E-state index in [2.05, 4.69) is 16.0 Å².